The number of phenolic OH excluding ortho intramolecular Hbond substituents is 1. The van der Waals surface area contributed by atoms with Crippen molar-refractivity contribution < 1.29 is 28.3 Å². The molecule has 0 radical (unpaired) electrons. The minimum atomic E-state index is -1.76. The van der Waals surface area contributed by atoms with Crippen LogP contribution in [0, 0.1) is 10.1 Å². The van der Waals surface area contributed by atoms with Gasteiger partial charge in [0, 0.05) is 22.7 Å². The second-order valence-electron chi connectivity index (χ2n) is 5.06. The summed E-state index contributed by atoms with van der Waals surface area (Å²) in [4.78, 5) is 11.0. The monoisotopic (exact) mass is 459 g/mol. The number of nitrogens with zero attached hydrogens (tertiary/aromatic N) is 1. The summed E-state index contributed by atoms with van der Waals surface area (Å²) in [6.45, 7) is 4.29. The van der Waals surface area contributed by atoms with Gasteiger partial charge in [-0.15, -0.1) is 0 Å². The molecule has 1 N–H and O–H groups in total. The number of nitro groups is 1. The Morgan fingerprint density at radius 3 is 2.41 bits per heavy atom. The summed E-state index contributed by atoms with van der Waals surface area (Å²) in [5, 5.41) is 22.1. The van der Waals surface area contributed by atoms with Crippen LogP contribution in [0.2, 0.25) is 0 Å². The van der Waals surface area contributed by atoms with E-state index >= 15 is 0 Å². The summed E-state index contributed by atoms with van der Waals surface area (Å²) in [6.07, 6.45) is 0. The average Bonchev–Trinajstić information content (AvgIpc) is 2.62. The number of hydrogen-bond donors (Lipinski definition) is 1. The van der Waals surface area contributed by atoms with Gasteiger partial charge < -0.3 is 23.4 Å². The van der Waals surface area contributed by atoms with Crippen LogP contribution < -0.4 is 9.26 Å². The summed E-state index contributed by atoms with van der Waals surface area (Å²) in [5.41, 5.74) is 0.134. The zero-order valence-corrected chi connectivity index (χ0v) is 17.5. The van der Waals surface area contributed by atoms with E-state index in [9.17, 15) is 15.2 Å². The lowest BCUT2D eigenvalue weighted by Gasteiger charge is -2.19. The first kappa shape index (κ1) is 21.4. The number of ether oxygens (including phenoxy) is 1. The van der Waals surface area contributed by atoms with Crippen molar-refractivity contribution in [3.05, 3.63) is 44.9 Å². The van der Waals surface area contributed by atoms with E-state index in [1.54, 1.807) is 26.0 Å². The van der Waals surface area contributed by atoms with E-state index in [1.807, 2.05) is 0 Å². The van der Waals surface area contributed by atoms with Crippen molar-refractivity contribution in [1.82, 2.24) is 0 Å². The van der Waals surface area contributed by atoms with Gasteiger partial charge in [0.05, 0.1) is 36.4 Å². The highest BCUT2D eigenvalue weighted by Crippen LogP contribution is 2.51. The number of methoxy groups -OCH3 is 1. The fraction of sp³-hybridized carbons (Fsp3) is 0.294. The molecule has 0 aliphatic rings. The van der Waals surface area contributed by atoms with E-state index in [0.717, 1.165) is 0 Å². The van der Waals surface area contributed by atoms with Gasteiger partial charge in [-0.3, -0.25) is 10.1 Å². The molecule has 0 aliphatic carbocycles. The molecule has 10 heteroatoms. The van der Waals surface area contributed by atoms with Crippen molar-refractivity contribution in [2.75, 3.05) is 20.3 Å². The van der Waals surface area contributed by atoms with Crippen LogP contribution in [0.25, 0.3) is 11.1 Å². The van der Waals surface area contributed by atoms with E-state index in [0.29, 0.717) is 23.4 Å². The first-order valence-electron chi connectivity index (χ1n) is 8.01. The highest BCUT2D eigenvalue weighted by molar-refractivity contribution is 9.10. The number of hydrogen-bond acceptors (Lipinski definition) is 7. The third kappa shape index (κ3) is 5.07. The topological polar surface area (TPSA) is 100 Å². The van der Waals surface area contributed by atoms with Crippen LogP contribution in [0.1, 0.15) is 13.8 Å². The van der Waals surface area contributed by atoms with E-state index < -0.39 is 13.5 Å². The lowest BCUT2D eigenvalue weighted by Crippen LogP contribution is -2.00. The second-order valence-corrected chi connectivity index (χ2v) is 7.06. The minimum Gasteiger partial charge on any atom is -0.507 e. The maximum absolute atomic E-state index is 11.5. The van der Waals surface area contributed by atoms with Crippen molar-refractivity contribution in [2.24, 2.45) is 0 Å². The molecule has 2 rings (SSSR count). The molecular formula is C17H19BrNO7P. The molecule has 0 amide bonds. The Labute approximate surface area is 166 Å². The Hall–Kier alpha value is -1.93. The fourth-order valence-electron chi connectivity index (χ4n) is 2.31. The van der Waals surface area contributed by atoms with E-state index in [4.69, 9.17) is 18.3 Å². The first-order valence-corrected chi connectivity index (χ1v) is 9.89. The van der Waals surface area contributed by atoms with Crippen LogP contribution >= 0.6 is 24.5 Å². The SMILES string of the molecule is CCOP(OCC)Oc1cc(OC)cc(O)c1-c1c(Br)cccc1[N+](=O)[O-]. The fourth-order valence-corrected chi connectivity index (χ4v) is 3.77. The van der Waals surface area contributed by atoms with Gasteiger partial charge in [0.25, 0.3) is 5.69 Å². The van der Waals surface area contributed by atoms with E-state index in [-0.39, 0.29) is 28.3 Å². The molecule has 146 valence electrons. The summed E-state index contributed by atoms with van der Waals surface area (Å²) in [6, 6.07) is 7.41. The van der Waals surface area contributed by atoms with Crippen molar-refractivity contribution in [1.29, 1.82) is 0 Å². The zero-order valence-electron chi connectivity index (χ0n) is 15.0. The maximum atomic E-state index is 11.5. The van der Waals surface area contributed by atoms with E-state index in [2.05, 4.69) is 15.9 Å². The number of halogens is 1. The Bertz CT molecular complexity index is 812. The highest BCUT2D eigenvalue weighted by Gasteiger charge is 2.27. The zero-order chi connectivity index (χ0) is 20.0. The summed E-state index contributed by atoms with van der Waals surface area (Å²) >= 11 is 3.32. The minimum absolute atomic E-state index is 0.141. The van der Waals surface area contributed by atoms with Gasteiger partial charge in [-0.05, 0) is 35.8 Å². The van der Waals surface area contributed by atoms with Crippen molar-refractivity contribution >= 4 is 30.2 Å². The van der Waals surface area contributed by atoms with Gasteiger partial charge in [0.1, 0.15) is 17.2 Å². The van der Waals surface area contributed by atoms with Crippen molar-refractivity contribution in [3.63, 3.8) is 0 Å². The molecule has 2 aromatic rings. The van der Waals surface area contributed by atoms with Crippen LogP contribution in [-0.2, 0) is 9.05 Å². The third-order valence-corrected chi connectivity index (χ3v) is 5.32. The quantitative estimate of drug-likeness (QED) is 0.303. The van der Waals surface area contributed by atoms with Crippen LogP contribution in [0.15, 0.2) is 34.8 Å². The van der Waals surface area contributed by atoms with Gasteiger partial charge >= 0.3 is 8.60 Å². The molecule has 0 bridgehead atoms. The van der Waals surface area contributed by atoms with Gasteiger partial charge in [-0.25, -0.2) is 0 Å². The molecule has 0 aromatic heterocycles. The molecule has 0 saturated heterocycles. The van der Waals surface area contributed by atoms with Crippen LogP contribution in [0.5, 0.6) is 17.2 Å². The third-order valence-electron chi connectivity index (χ3n) is 3.37. The molecule has 2 aromatic carbocycles. The molecule has 0 atom stereocenters. The van der Waals surface area contributed by atoms with Crippen LogP contribution in [0.3, 0.4) is 0 Å². The Balaban J connectivity index is 2.68. The van der Waals surface area contributed by atoms with Crippen molar-refractivity contribution in [2.45, 2.75) is 13.8 Å². The Morgan fingerprint density at radius 1 is 1.19 bits per heavy atom. The van der Waals surface area contributed by atoms with Crippen LogP contribution in [0.4, 0.5) is 5.69 Å². The Morgan fingerprint density at radius 2 is 1.85 bits per heavy atom. The lowest BCUT2D eigenvalue weighted by molar-refractivity contribution is -0.384. The second kappa shape index (κ2) is 9.85. The number of nitro benzene ring substituents is 1. The number of aromatic hydroxyl groups is 1. The molecule has 27 heavy (non-hydrogen) atoms. The number of rotatable bonds is 9. The molecule has 0 saturated carbocycles. The van der Waals surface area contributed by atoms with Crippen LogP contribution in [-0.4, -0.2) is 30.4 Å². The predicted octanol–water partition coefficient (Wildman–Crippen LogP) is 5.42. The number of benzene rings is 2. The smallest absolute Gasteiger partial charge is 0.397 e. The summed E-state index contributed by atoms with van der Waals surface area (Å²) in [5.74, 6) is 0.237. The summed E-state index contributed by atoms with van der Waals surface area (Å²) < 4.78 is 22.3. The summed E-state index contributed by atoms with van der Waals surface area (Å²) in [7, 11) is -0.322. The Kier molecular flexibility index (Phi) is 7.79. The molecule has 0 unspecified atom stereocenters. The first-order chi connectivity index (χ1) is 12.9. The van der Waals surface area contributed by atoms with E-state index in [1.165, 1.54) is 25.3 Å². The largest absolute Gasteiger partial charge is 0.507 e. The van der Waals surface area contributed by atoms with Gasteiger partial charge in [-0.1, -0.05) is 6.07 Å². The molecule has 0 spiro atoms. The normalized spacial score (nSPS) is 10.9. The average molecular weight is 460 g/mol. The lowest BCUT2D eigenvalue weighted by atomic mass is 10.0. The predicted molar refractivity (Wildman–Crippen MR) is 105 cm³/mol. The van der Waals surface area contributed by atoms with Crippen molar-refractivity contribution in [3.8, 4) is 28.4 Å². The van der Waals surface area contributed by atoms with Gasteiger partial charge in [0.15, 0.2) is 0 Å². The highest BCUT2D eigenvalue weighted by atomic mass is 79.9. The number of phenols is 1. The molecular weight excluding hydrogens is 441 g/mol. The molecule has 0 heterocycles. The molecule has 0 fully saturated rings. The molecule has 0 aliphatic heterocycles. The maximum Gasteiger partial charge on any atom is 0.397 e. The standard InChI is InChI=1S/C17H19BrNO7P/c1-4-24-27(25-5-2)26-15-10-11(23-3)9-14(20)17(15)16-12(18)7-6-8-13(16)19(21)22/h6-10,20H,4-5H2,1-3H3. The molecule has 8 nitrogen and oxygen atoms in total. The van der Waals surface area contributed by atoms with Gasteiger partial charge in [0.2, 0.25) is 0 Å². The van der Waals surface area contributed by atoms with Gasteiger partial charge in [-0.2, -0.15) is 0 Å².